The first-order chi connectivity index (χ1) is 9.12. The average molecular weight is 283 g/mol. The summed E-state index contributed by atoms with van der Waals surface area (Å²) in [5.74, 6) is 0. The Morgan fingerprint density at radius 2 is 1.84 bits per heavy atom. The van der Waals surface area contributed by atoms with Gasteiger partial charge in [0.25, 0.3) is 0 Å². The molecule has 1 atom stereocenters. The Morgan fingerprint density at radius 3 is 2.42 bits per heavy atom. The quantitative estimate of drug-likeness (QED) is 0.830. The van der Waals surface area contributed by atoms with Crippen molar-refractivity contribution in [1.29, 1.82) is 0 Å². The molecule has 1 aromatic carbocycles. The molecular formula is C14H21NO3S. The van der Waals surface area contributed by atoms with Crippen LogP contribution in [0.3, 0.4) is 0 Å². The van der Waals surface area contributed by atoms with E-state index < -0.39 is 16.1 Å². The second-order valence-electron chi connectivity index (χ2n) is 5.14. The summed E-state index contributed by atoms with van der Waals surface area (Å²) in [7, 11) is -3.30. The van der Waals surface area contributed by atoms with E-state index in [-0.39, 0.29) is 11.9 Å². The molecule has 1 fully saturated rings. The second kappa shape index (κ2) is 6.50. The molecule has 1 aromatic rings. The van der Waals surface area contributed by atoms with Crippen LogP contribution in [0.4, 0.5) is 0 Å². The minimum absolute atomic E-state index is 0.180. The van der Waals surface area contributed by atoms with Crippen LogP contribution in [0.25, 0.3) is 0 Å². The molecule has 2 N–H and O–H groups in total. The van der Waals surface area contributed by atoms with Crippen molar-refractivity contribution in [3.8, 4) is 0 Å². The van der Waals surface area contributed by atoms with Gasteiger partial charge in [-0.3, -0.25) is 0 Å². The van der Waals surface area contributed by atoms with E-state index in [1.807, 2.05) is 30.3 Å². The molecule has 1 unspecified atom stereocenters. The van der Waals surface area contributed by atoms with E-state index in [1.54, 1.807) is 0 Å². The summed E-state index contributed by atoms with van der Waals surface area (Å²) in [6.45, 7) is -0.180. The molecule has 1 aliphatic carbocycles. The summed E-state index contributed by atoms with van der Waals surface area (Å²) in [5.41, 5.74) is 1.02. The van der Waals surface area contributed by atoms with E-state index in [1.165, 1.54) is 0 Å². The normalized spacial score (nSPS) is 18.6. The topological polar surface area (TPSA) is 66.4 Å². The van der Waals surface area contributed by atoms with Crippen molar-refractivity contribution in [2.24, 2.45) is 0 Å². The Morgan fingerprint density at radius 1 is 1.21 bits per heavy atom. The molecule has 0 amide bonds. The Bertz CT molecular complexity index is 481. The zero-order valence-electron chi connectivity index (χ0n) is 11.0. The van der Waals surface area contributed by atoms with Crippen molar-refractivity contribution in [2.75, 3.05) is 6.61 Å². The third-order valence-corrected chi connectivity index (χ3v) is 5.63. The summed E-state index contributed by atoms with van der Waals surface area (Å²) in [6.07, 6.45) is 3.95. The van der Waals surface area contributed by atoms with Crippen molar-refractivity contribution in [2.45, 2.75) is 43.4 Å². The highest BCUT2D eigenvalue weighted by Crippen LogP contribution is 2.24. The maximum atomic E-state index is 12.2. The van der Waals surface area contributed by atoms with E-state index >= 15 is 0 Å². The monoisotopic (exact) mass is 283 g/mol. The van der Waals surface area contributed by atoms with Gasteiger partial charge in [-0.1, -0.05) is 43.2 Å². The maximum Gasteiger partial charge on any atom is 0.214 e. The number of rotatable bonds is 6. The first kappa shape index (κ1) is 14.5. The SMILES string of the molecule is O=S(=O)(NC(CO)Cc1ccccc1)C1CCCC1. The first-order valence-electron chi connectivity index (χ1n) is 6.78. The third kappa shape index (κ3) is 4.03. The van der Waals surface area contributed by atoms with Crippen LogP contribution >= 0.6 is 0 Å². The second-order valence-corrected chi connectivity index (χ2v) is 7.13. The van der Waals surface area contributed by atoms with Gasteiger partial charge in [0.2, 0.25) is 10.0 Å². The number of hydrogen-bond acceptors (Lipinski definition) is 3. The number of nitrogens with one attached hydrogen (secondary N) is 1. The lowest BCUT2D eigenvalue weighted by molar-refractivity contribution is 0.255. The van der Waals surface area contributed by atoms with Gasteiger partial charge in [0.15, 0.2) is 0 Å². The first-order valence-corrected chi connectivity index (χ1v) is 8.32. The van der Waals surface area contributed by atoms with Gasteiger partial charge in [0.05, 0.1) is 11.9 Å². The van der Waals surface area contributed by atoms with Crippen LogP contribution in [0.2, 0.25) is 0 Å². The van der Waals surface area contributed by atoms with Crippen LogP contribution in [0.5, 0.6) is 0 Å². The van der Waals surface area contributed by atoms with E-state index in [9.17, 15) is 13.5 Å². The smallest absolute Gasteiger partial charge is 0.214 e. The Labute approximate surface area is 114 Å². The third-order valence-electron chi connectivity index (χ3n) is 3.62. The van der Waals surface area contributed by atoms with E-state index in [0.717, 1.165) is 31.2 Å². The highest BCUT2D eigenvalue weighted by atomic mass is 32.2. The number of hydrogen-bond donors (Lipinski definition) is 2. The molecule has 0 aromatic heterocycles. The summed E-state index contributed by atoms with van der Waals surface area (Å²) < 4.78 is 27.0. The molecule has 0 aliphatic heterocycles. The minimum atomic E-state index is -3.30. The Kier molecular flexibility index (Phi) is 4.96. The number of benzene rings is 1. The fraction of sp³-hybridized carbons (Fsp3) is 0.571. The fourth-order valence-electron chi connectivity index (χ4n) is 2.57. The van der Waals surface area contributed by atoms with Gasteiger partial charge in [0, 0.05) is 6.04 Å². The van der Waals surface area contributed by atoms with Gasteiger partial charge < -0.3 is 5.11 Å². The highest BCUT2D eigenvalue weighted by Gasteiger charge is 2.30. The van der Waals surface area contributed by atoms with Gasteiger partial charge in [-0.2, -0.15) is 0 Å². The lowest BCUT2D eigenvalue weighted by Gasteiger charge is -2.19. The standard InChI is InChI=1S/C14H21NO3S/c16-11-13(10-12-6-2-1-3-7-12)15-19(17,18)14-8-4-5-9-14/h1-3,6-7,13-16H,4-5,8-11H2. The molecular weight excluding hydrogens is 262 g/mol. The average Bonchev–Trinajstić information content (AvgIpc) is 2.93. The van der Waals surface area contributed by atoms with E-state index in [0.29, 0.717) is 6.42 Å². The van der Waals surface area contributed by atoms with Gasteiger partial charge in [-0.15, -0.1) is 0 Å². The summed E-state index contributed by atoms with van der Waals surface area (Å²) in [6, 6.07) is 9.18. The van der Waals surface area contributed by atoms with Crippen LogP contribution in [0, 0.1) is 0 Å². The van der Waals surface area contributed by atoms with Gasteiger partial charge in [0.1, 0.15) is 0 Å². The Hall–Kier alpha value is -0.910. The van der Waals surface area contributed by atoms with E-state index in [2.05, 4.69) is 4.72 Å². The van der Waals surface area contributed by atoms with Gasteiger partial charge in [-0.05, 0) is 24.8 Å². The zero-order chi connectivity index (χ0) is 13.7. The van der Waals surface area contributed by atoms with Gasteiger partial charge in [-0.25, -0.2) is 13.1 Å². The van der Waals surface area contributed by atoms with Crippen LogP contribution < -0.4 is 4.72 Å². The molecule has 5 heteroatoms. The highest BCUT2D eigenvalue weighted by molar-refractivity contribution is 7.90. The van der Waals surface area contributed by atoms with Crippen molar-refractivity contribution in [3.63, 3.8) is 0 Å². The maximum absolute atomic E-state index is 12.2. The van der Waals surface area contributed by atoms with Crippen LogP contribution in [-0.4, -0.2) is 31.4 Å². The van der Waals surface area contributed by atoms with Crippen LogP contribution in [0.1, 0.15) is 31.2 Å². The molecule has 1 aliphatic rings. The predicted molar refractivity (Wildman–Crippen MR) is 75.3 cm³/mol. The summed E-state index contributed by atoms with van der Waals surface area (Å²) in [5, 5.41) is 9.09. The van der Waals surface area contributed by atoms with Crippen molar-refractivity contribution in [3.05, 3.63) is 35.9 Å². The lowest BCUT2D eigenvalue weighted by Crippen LogP contribution is -2.43. The van der Waals surface area contributed by atoms with Crippen LogP contribution in [0.15, 0.2) is 30.3 Å². The number of aliphatic hydroxyl groups is 1. The van der Waals surface area contributed by atoms with E-state index in [4.69, 9.17) is 0 Å². The fourth-order valence-corrected chi connectivity index (χ4v) is 4.34. The molecule has 106 valence electrons. The lowest BCUT2D eigenvalue weighted by atomic mass is 10.1. The minimum Gasteiger partial charge on any atom is -0.395 e. The van der Waals surface area contributed by atoms with Crippen LogP contribution in [-0.2, 0) is 16.4 Å². The van der Waals surface area contributed by atoms with Crippen molar-refractivity contribution < 1.29 is 13.5 Å². The molecule has 0 radical (unpaired) electrons. The Balaban J connectivity index is 1.98. The summed E-state index contributed by atoms with van der Waals surface area (Å²) in [4.78, 5) is 0. The van der Waals surface area contributed by atoms with Gasteiger partial charge >= 0.3 is 0 Å². The summed E-state index contributed by atoms with van der Waals surface area (Å²) >= 11 is 0. The van der Waals surface area contributed by atoms with Crippen molar-refractivity contribution in [1.82, 2.24) is 4.72 Å². The molecule has 0 bridgehead atoms. The molecule has 1 saturated carbocycles. The molecule has 0 saturated heterocycles. The van der Waals surface area contributed by atoms with Crippen molar-refractivity contribution >= 4 is 10.0 Å². The number of aliphatic hydroxyl groups excluding tert-OH is 1. The molecule has 0 heterocycles. The zero-order valence-corrected chi connectivity index (χ0v) is 11.8. The number of sulfonamides is 1. The largest absolute Gasteiger partial charge is 0.395 e. The molecule has 0 spiro atoms. The molecule has 19 heavy (non-hydrogen) atoms. The molecule has 2 rings (SSSR count). The predicted octanol–water partition coefficient (Wildman–Crippen LogP) is 1.45. The molecule has 4 nitrogen and oxygen atoms in total.